The lowest BCUT2D eigenvalue weighted by Gasteiger charge is -2.10. The lowest BCUT2D eigenvalue weighted by Crippen LogP contribution is -2.21. The number of nitrogens with one attached hydrogen (secondary N) is 1. The van der Waals surface area contributed by atoms with Gasteiger partial charge in [-0.1, -0.05) is 24.3 Å². The summed E-state index contributed by atoms with van der Waals surface area (Å²) in [7, 11) is 0. The van der Waals surface area contributed by atoms with Gasteiger partial charge in [-0.3, -0.25) is 9.59 Å². The van der Waals surface area contributed by atoms with Crippen molar-refractivity contribution in [1.29, 1.82) is 0 Å². The maximum absolute atomic E-state index is 12.1. The van der Waals surface area contributed by atoms with Crippen molar-refractivity contribution in [2.45, 2.75) is 6.92 Å². The van der Waals surface area contributed by atoms with Gasteiger partial charge in [0.25, 0.3) is 5.91 Å². The molecule has 2 aromatic carbocycles. The Bertz CT molecular complexity index is 903. The second-order valence-corrected chi connectivity index (χ2v) is 5.13. The van der Waals surface area contributed by atoms with Gasteiger partial charge in [-0.2, -0.15) is 0 Å². The zero-order valence-electron chi connectivity index (χ0n) is 13.0. The van der Waals surface area contributed by atoms with Gasteiger partial charge in [0.05, 0.1) is 16.6 Å². The van der Waals surface area contributed by atoms with E-state index in [1.165, 1.54) is 13.3 Å². The summed E-state index contributed by atoms with van der Waals surface area (Å²) in [5.41, 5.74) is 1.66. The first-order valence-electron chi connectivity index (χ1n) is 7.37. The van der Waals surface area contributed by atoms with Gasteiger partial charge < -0.3 is 10.1 Å². The Labute approximate surface area is 138 Å². The monoisotopic (exact) mass is 321 g/mol. The number of para-hydroxylation sites is 2. The number of rotatable bonds is 5. The Morgan fingerprint density at radius 3 is 2.62 bits per heavy atom. The second-order valence-electron chi connectivity index (χ2n) is 5.13. The van der Waals surface area contributed by atoms with Gasteiger partial charge in [-0.15, -0.1) is 0 Å². The van der Waals surface area contributed by atoms with E-state index in [1.807, 2.05) is 24.3 Å². The van der Waals surface area contributed by atoms with Crippen molar-refractivity contribution in [1.82, 2.24) is 9.97 Å². The van der Waals surface area contributed by atoms with E-state index in [9.17, 15) is 9.59 Å². The van der Waals surface area contributed by atoms with Crippen LogP contribution in [0.1, 0.15) is 17.3 Å². The van der Waals surface area contributed by atoms with E-state index in [-0.39, 0.29) is 18.3 Å². The third-order valence-corrected chi connectivity index (χ3v) is 3.43. The molecule has 24 heavy (non-hydrogen) atoms. The number of amides is 1. The Morgan fingerprint density at radius 1 is 1.04 bits per heavy atom. The molecule has 0 saturated heterocycles. The molecule has 0 atom stereocenters. The maximum atomic E-state index is 12.1. The van der Waals surface area contributed by atoms with Crippen LogP contribution in [0.4, 0.5) is 5.69 Å². The Kier molecular flexibility index (Phi) is 4.47. The van der Waals surface area contributed by atoms with E-state index in [1.54, 1.807) is 24.3 Å². The minimum Gasteiger partial charge on any atom is -0.467 e. The Hall–Kier alpha value is -3.28. The molecule has 1 amide bonds. The molecule has 1 heterocycles. The number of carbonyl (C=O) groups is 2. The number of nitrogens with zero attached hydrogens (tertiary/aromatic N) is 2. The number of benzene rings is 2. The third kappa shape index (κ3) is 3.38. The van der Waals surface area contributed by atoms with Crippen molar-refractivity contribution >= 4 is 28.3 Å². The van der Waals surface area contributed by atoms with E-state index in [0.29, 0.717) is 17.1 Å². The third-order valence-electron chi connectivity index (χ3n) is 3.43. The molecule has 0 aliphatic heterocycles. The summed E-state index contributed by atoms with van der Waals surface area (Å²) in [6, 6.07) is 14.2. The number of ether oxygens (including phenoxy) is 1. The number of aromatic nitrogens is 2. The molecular formula is C18H15N3O3. The summed E-state index contributed by atoms with van der Waals surface area (Å²) in [6.07, 6.45) is 1.39. The van der Waals surface area contributed by atoms with Crippen LogP contribution in [0.5, 0.6) is 5.88 Å². The molecule has 0 spiro atoms. The predicted octanol–water partition coefficient (Wildman–Crippen LogP) is 2.85. The van der Waals surface area contributed by atoms with Crippen LogP contribution in [0, 0.1) is 0 Å². The molecule has 3 aromatic rings. The summed E-state index contributed by atoms with van der Waals surface area (Å²) in [5, 5.41) is 3.42. The van der Waals surface area contributed by atoms with E-state index >= 15 is 0 Å². The van der Waals surface area contributed by atoms with Crippen molar-refractivity contribution in [3.8, 4) is 5.88 Å². The molecule has 0 aliphatic carbocycles. The van der Waals surface area contributed by atoms with Gasteiger partial charge in [0.1, 0.15) is 6.33 Å². The molecular weight excluding hydrogens is 306 g/mol. The van der Waals surface area contributed by atoms with Crippen LogP contribution < -0.4 is 10.1 Å². The fourth-order valence-corrected chi connectivity index (χ4v) is 2.31. The number of fused-ring (bicyclic) bond motifs is 1. The highest BCUT2D eigenvalue weighted by Crippen LogP contribution is 2.20. The first kappa shape index (κ1) is 15.6. The molecule has 120 valence electrons. The molecule has 0 bridgehead atoms. The summed E-state index contributed by atoms with van der Waals surface area (Å²) in [5.74, 6) is -0.143. The first-order valence-corrected chi connectivity index (χ1v) is 7.37. The van der Waals surface area contributed by atoms with E-state index in [4.69, 9.17) is 4.74 Å². The number of anilines is 1. The van der Waals surface area contributed by atoms with Crippen molar-refractivity contribution in [3.63, 3.8) is 0 Å². The van der Waals surface area contributed by atoms with Crippen LogP contribution >= 0.6 is 0 Å². The van der Waals surface area contributed by atoms with Gasteiger partial charge in [0, 0.05) is 5.56 Å². The fourth-order valence-electron chi connectivity index (χ4n) is 2.31. The van der Waals surface area contributed by atoms with Gasteiger partial charge >= 0.3 is 0 Å². The van der Waals surface area contributed by atoms with E-state index in [2.05, 4.69) is 15.3 Å². The Balaban J connectivity index is 1.71. The molecule has 6 nitrogen and oxygen atoms in total. The SMILES string of the molecule is CC(=O)c1ccccc1NC(=O)COc1ncnc2ccccc12. The van der Waals surface area contributed by atoms with E-state index in [0.717, 1.165) is 10.9 Å². The summed E-state index contributed by atoms with van der Waals surface area (Å²) >= 11 is 0. The number of carbonyl (C=O) groups excluding carboxylic acids is 2. The zero-order valence-corrected chi connectivity index (χ0v) is 13.0. The summed E-state index contributed by atoms with van der Waals surface area (Å²) < 4.78 is 5.51. The first-order chi connectivity index (χ1) is 11.6. The molecule has 0 unspecified atom stereocenters. The van der Waals surface area contributed by atoms with Crippen molar-refractivity contribution < 1.29 is 14.3 Å². The van der Waals surface area contributed by atoms with Crippen LogP contribution in [0.25, 0.3) is 10.9 Å². The highest BCUT2D eigenvalue weighted by molar-refractivity contribution is 6.04. The van der Waals surface area contributed by atoms with Crippen LogP contribution in [-0.2, 0) is 4.79 Å². The van der Waals surface area contributed by atoms with Crippen molar-refractivity contribution in [3.05, 3.63) is 60.4 Å². The van der Waals surface area contributed by atoms with Crippen molar-refractivity contribution in [2.24, 2.45) is 0 Å². The lowest BCUT2D eigenvalue weighted by atomic mass is 10.1. The molecule has 1 N–H and O–H groups in total. The molecule has 6 heteroatoms. The largest absolute Gasteiger partial charge is 0.467 e. The number of hydrogen-bond acceptors (Lipinski definition) is 5. The normalized spacial score (nSPS) is 10.4. The average Bonchev–Trinajstić information content (AvgIpc) is 2.60. The average molecular weight is 321 g/mol. The Morgan fingerprint density at radius 2 is 1.79 bits per heavy atom. The van der Waals surface area contributed by atoms with Crippen LogP contribution in [0.15, 0.2) is 54.9 Å². The molecule has 3 rings (SSSR count). The summed E-state index contributed by atoms with van der Waals surface area (Å²) in [6.45, 7) is 1.24. The quantitative estimate of drug-likeness (QED) is 0.731. The predicted molar refractivity (Wildman–Crippen MR) is 90.1 cm³/mol. The highest BCUT2D eigenvalue weighted by atomic mass is 16.5. The smallest absolute Gasteiger partial charge is 0.262 e. The topological polar surface area (TPSA) is 81.2 Å². The lowest BCUT2D eigenvalue weighted by molar-refractivity contribution is -0.118. The number of ketones is 1. The number of hydrogen-bond donors (Lipinski definition) is 1. The van der Waals surface area contributed by atoms with Crippen LogP contribution in [0.2, 0.25) is 0 Å². The molecule has 0 radical (unpaired) electrons. The zero-order chi connectivity index (χ0) is 16.9. The van der Waals surface area contributed by atoms with Crippen molar-refractivity contribution in [2.75, 3.05) is 11.9 Å². The summed E-state index contributed by atoms with van der Waals surface area (Å²) in [4.78, 5) is 31.9. The number of Topliss-reactive ketones (excluding diaryl/α,β-unsaturated/α-hetero) is 1. The van der Waals surface area contributed by atoms with E-state index < -0.39 is 0 Å². The van der Waals surface area contributed by atoms with Gasteiger partial charge in [0.15, 0.2) is 12.4 Å². The minimum atomic E-state index is -0.369. The standard InChI is InChI=1S/C18H15N3O3/c1-12(22)13-6-2-5-9-16(13)21-17(23)10-24-18-14-7-3-4-8-15(14)19-11-20-18/h2-9,11H,10H2,1H3,(H,21,23). The van der Waals surface area contributed by atoms with Gasteiger partial charge in [-0.05, 0) is 31.2 Å². The van der Waals surface area contributed by atoms with Gasteiger partial charge in [0.2, 0.25) is 5.88 Å². The minimum absolute atomic E-state index is 0.117. The molecule has 0 fully saturated rings. The highest BCUT2D eigenvalue weighted by Gasteiger charge is 2.11. The molecule has 0 saturated carbocycles. The van der Waals surface area contributed by atoms with Crippen LogP contribution in [-0.4, -0.2) is 28.3 Å². The second kappa shape index (κ2) is 6.87. The fraction of sp³-hybridized carbons (Fsp3) is 0.111. The molecule has 0 aliphatic rings. The molecule has 1 aromatic heterocycles. The maximum Gasteiger partial charge on any atom is 0.262 e. The van der Waals surface area contributed by atoms with Gasteiger partial charge in [-0.25, -0.2) is 9.97 Å². The van der Waals surface area contributed by atoms with Crippen LogP contribution in [0.3, 0.4) is 0 Å².